The monoisotopic (exact) mass is 342 g/mol. The zero-order valence-corrected chi connectivity index (χ0v) is 14.1. The van der Waals surface area contributed by atoms with Crippen LogP contribution in [-0.4, -0.2) is 14.3 Å². The van der Waals surface area contributed by atoms with E-state index in [1.54, 1.807) is 37.3 Å². The molecule has 1 unspecified atom stereocenters. The number of hydrogen-bond donors (Lipinski definition) is 2. The Kier molecular flexibility index (Phi) is 3.38. The average Bonchev–Trinajstić information content (AvgIpc) is 3.12. The van der Waals surface area contributed by atoms with E-state index in [4.69, 9.17) is 0 Å². The molecule has 0 saturated heterocycles. The van der Waals surface area contributed by atoms with E-state index in [0.29, 0.717) is 5.69 Å². The lowest BCUT2D eigenvalue weighted by molar-refractivity contribution is -0.116. The lowest BCUT2D eigenvalue weighted by Crippen LogP contribution is -2.13. The van der Waals surface area contributed by atoms with Crippen LogP contribution in [-0.2, 0) is 27.7 Å². The third kappa shape index (κ3) is 2.47. The summed E-state index contributed by atoms with van der Waals surface area (Å²) in [5.41, 5.74) is 4.39. The molecule has 2 aromatic rings. The molecule has 24 heavy (non-hydrogen) atoms. The Balaban J connectivity index is 1.64. The van der Waals surface area contributed by atoms with E-state index in [2.05, 4.69) is 10.0 Å². The van der Waals surface area contributed by atoms with Gasteiger partial charge in [-0.15, -0.1) is 0 Å². The minimum absolute atomic E-state index is 0.0661. The van der Waals surface area contributed by atoms with E-state index in [9.17, 15) is 13.2 Å². The van der Waals surface area contributed by atoms with Gasteiger partial charge in [-0.05, 0) is 73.2 Å². The lowest BCUT2D eigenvalue weighted by Gasteiger charge is -2.11. The van der Waals surface area contributed by atoms with Gasteiger partial charge >= 0.3 is 0 Å². The molecule has 0 fully saturated rings. The highest BCUT2D eigenvalue weighted by Gasteiger charge is 2.27. The number of carbonyl (C=O) groups excluding carboxylic acids is 1. The van der Waals surface area contributed by atoms with Crippen molar-refractivity contribution in [3.8, 4) is 0 Å². The largest absolute Gasteiger partial charge is 0.325 e. The number of hydrogen-bond acceptors (Lipinski definition) is 3. The predicted octanol–water partition coefficient (Wildman–Crippen LogP) is 3.03. The summed E-state index contributed by atoms with van der Waals surface area (Å²) < 4.78 is 27.9. The van der Waals surface area contributed by atoms with Crippen molar-refractivity contribution in [3.63, 3.8) is 0 Å². The quantitative estimate of drug-likeness (QED) is 0.900. The predicted molar refractivity (Wildman–Crippen MR) is 92.8 cm³/mol. The number of sulfonamides is 1. The van der Waals surface area contributed by atoms with Crippen LogP contribution < -0.4 is 10.0 Å². The molecule has 124 valence electrons. The Labute approximate surface area is 141 Å². The number of aryl methyl sites for hydroxylation is 2. The van der Waals surface area contributed by atoms with Crippen LogP contribution in [0.3, 0.4) is 0 Å². The topological polar surface area (TPSA) is 75.3 Å². The first-order valence-electron chi connectivity index (χ1n) is 8.03. The highest BCUT2D eigenvalue weighted by molar-refractivity contribution is 7.92. The van der Waals surface area contributed by atoms with Crippen molar-refractivity contribution in [1.82, 2.24) is 0 Å². The van der Waals surface area contributed by atoms with E-state index in [1.165, 1.54) is 5.56 Å². The van der Waals surface area contributed by atoms with Crippen LogP contribution >= 0.6 is 0 Å². The fourth-order valence-corrected chi connectivity index (χ4v) is 4.51. The van der Waals surface area contributed by atoms with Gasteiger partial charge < -0.3 is 5.32 Å². The third-order valence-electron chi connectivity index (χ3n) is 4.80. The molecule has 0 saturated carbocycles. The van der Waals surface area contributed by atoms with Crippen LogP contribution in [0.4, 0.5) is 11.4 Å². The maximum absolute atomic E-state index is 12.7. The number of fused-ring (bicyclic) bond motifs is 2. The summed E-state index contributed by atoms with van der Waals surface area (Å²) in [7, 11) is -3.64. The van der Waals surface area contributed by atoms with Crippen LogP contribution in [0.5, 0.6) is 0 Å². The van der Waals surface area contributed by atoms with Gasteiger partial charge in [0, 0.05) is 11.4 Å². The molecular weight excluding hydrogens is 324 g/mol. The summed E-state index contributed by atoms with van der Waals surface area (Å²) in [5, 5.41) is 2.78. The van der Waals surface area contributed by atoms with Gasteiger partial charge in [-0.3, -0.25) is 9.52 Å². The maximum atomic E-state index is 12.7. The van der Waals surface area contributed by atoms with Crippen molar-refractivity contribution >= 4 is 27.3 Å². The number of anilines is 2. The zero-order chi connectivity index (χ0) is 16.9. The van der Waals surface area contributed by atoms with Crippen LogP contribution in [0.1, 0.15) is 36.0 Å². The molecule has 2 N–H and O–H groups in total. The number of benzene rings is 2. The van der Waals surface area contributed by atoms with Crippen molar-refractivity contribution in [2.75, 3.05) is 10.0 Å². The average molecular weight is 342 g/mol. The molecule has 2 aliphatic rings. The standard InChI is InChI=1S/C18H18N2O3S/c1-11-16-10-14(6-8-17(16)19-18(11)21)20-24(22,23)15-7-5-12-3-2-4-13(12)9-15/h5-11,20H,2-4H2,1H3,(H,19,21). The molecule has 5 nitrogen and oxygen atoms in total. The number of amides is 1. The molecule has 0 radical (unpaired) electrons. The summed E-state index contributed by atoms with van der Waals surface area (Å²) in [6, 6.07) is 10.5. The molecule has 0 aromatic heterocycles. The van der Waals surface area contributed by atoms with Crippen molar-refractivity contribution in [2.45, 2.75) is 37.0 Å². The maximum Gasteiger partial charge on any atom is 0.261 e. The molecule has 1 aliphatic heterocycles. The molecule has 0 spiro atoms. The highest BCUT2D eigenvalue weighted by Crippen LogP contribution is 2.34. The first kappa shape index (κ1) is 15.2. The number of carbonyl (C=O) groups is 1. The summed E-state index contributed by atoms with van der Waals surface area (Å²) in [5.74, 6) is -0.340. The normalized spacial score (nSPS) is 18.9. The van der Waals surface area contributed by atoms with Gasteiger partial charge in [0.2, 0.25) is 5.91 Å². The molecule has 1 heterocycles. The second-order valence-corrected chi connectivity index (χ2v) is 8.08. The van der Waals surface area contributed by atoms with E-state index in [-0.39, 0.29) is 16.7 Å². The Hall–Kier alpha value is -2.34. The molecule has 1 atom stereocenters. The van der Waals surface area contributed by atoms with Crippen LogP contribution in [0, 0.1) is 0 Å². The first-order valence-corrected chi connectivity index (χ1v) is 9.52. The molecule has 4 rings (SSSR count). The summed E-state index contributed by atoms with van der Waals surface area (Å²) in [4.78, 5) is 12.0. The van der Waals surface area contributed by atoms with Gasteiger partial charge in [0.15, 0.2) is 0 Å². The fourth-order valence-electron chi connectivity index (χ4n) is 3.41. The van der Waals surface area contributed by atoms with Crippen molar-refractivity contribution in [3.05, 3.63) is 53.1 Å². The van der Waals surface area contributed by atoms with Gasteiger partial charge in [-0.1, -0.05) is 6.07 Å². The molecule has 0 bridgehead atoms. The second kappa shape index (κ2) is 5.34. The Morgan fingerprint density at radius 1 is 1.08 bits per heavy atom. The van der Waals surface area contributed by atoms with Crippen LogP contribution in [0.15, 0.2) is 41.3 Å². The fraction of sp³-hybridized carbons (Fsp3) is 0.278. The van der Waals surface area contributed by atoms with E-state index >= 15 is 0 Å². The minimum Gasteiger partial charge on any atom is -0.325 e. The Morgan fingerprint density at radius 2 is 1.88 bits per heavy atom. The second-order valence-electron chi connectivity index (χ2n) is 6.40. The Morgan fingerprint density at radius 3 is 2.71 bits per heavy atom. The third-order valence-corrected chi connectivity index (χ3v) is 6.18. The zero-order valence-electron chi connectivity index (χ0n) is 13.3. The highest BCUT2D eigenvalue weighted by atomic mass is 32.2. The van der Waals surface area contributed by atoms with Crippen LogP contribution in [0.25, 0.3) is 0 Å². The summed E-state index contributed by atoms with van der Waals surface area (Å²) >= 11 is 0. The number of rotatable bonds is 3. The first-order chi connectivity index (χ1) is 11.4. The number of nitrogens with one attached hydrogen (secondary N) is 2. The van der Waals surface area contributed by atoms with E-state index < -0.39 is 10.0 Å². The van der Waals surface area contributed by atoms with Gasteiger partial charge in [-0.25, -0.2) is 8.42 Å². The van der Waals surface area contributed by atoms with Crippen LogP contribution in [0.2, 0.25) is 0 Å². The summed E-state index contributed by atoms with van der Waals surface area (Å²) in [6.07, 6.45) is 3.03. The SMILES string of the molecule is CC1C(=O)Nc2ccc(NS(=O)(=O)c3ccc4c(c3)CCC4)cc21. The van der Waals surface area contributed by atoms with Gasteiger partial charge in [0.05, 0.1) is 10.8 Å². The van der Waals surface area contributed by atoms with E-state index in [0.717, 1.165) is 36.1 Å². The van der Waals surface area contributed by atoms with Gasteiger partial charge in [0.25, 0.3) is 10.0 Å². The van der Waals surface area contributed by atoms with Crippen molar-refractivity contribution < 1.29 is 13.2 Å². The van der Waals surface area contributed by atoms with Crippen molar-refractivity contribution in [2.24, 2.45) is 0 Å². The smallest absolute Gasteiger partial charge is 0.261 e. The van der Waals surface area contributed by atoms with Gasteiger partial charge in [-0.2, -0.15) is 0 Å². The van der Waals surface area contributed by atoms with Crippen molar-refractivity contribution in [1.29, 1.82) is 0 Å². The van der Waals surface area contributed by atoms with Gasteiger partial charge in [0.1, 0.15) is 0 Å². The molecule has 1 aliphatic carbocycles. The summed E-state index contributed by atoms with van der Waals surface area (Å²) in [6.45, 7) is 1.81. The minimum atomic E-state index is -3.64. The van der Waals surface area contributed by atoms with E-state index in [1.807, 2.05) is 6.07 Å². The molecule has 2 aromatic carbocycles. The lowest BCUT2D eigenvalue weighted by atomic mass is 10.0. The Bertz CT molecular complexity index is 951. The molecular formula is C18H18N2O3S. The molecule has 6 heteroatoms. The molecule has 1 amide bonds.